The first-order chi connectivity index (χ1) is 10.5. The van der Waals surface area contributed by atoms with Gasteiger partial charge in [-0.1, -0.05) is 18.2 Å². The molecular formula is C17H26N2O3. The summed E-state index contributed by atoms with van der Waals surface area (Å²) in [5.74, 6) is 0.970. The summed E-state index contributed by atoms with van der Waals surface area (Å²) in [5.41, 5.74) is 0.766. The molecule has 1 aliphatic rings. The van der Waals surface area contributed by atoms with Crippen molar-refractivity contribution < 1.29 is 14.3 Å². The monoisotopic (exact) mass is 306 g/mol. The van der Waals surface area contributed by atoms with Crippen molar-refractivity contribution in [3.8, 4) is 5.75 Å². The summed E-state index contributed by atoms with van der Waals surface area (Å²) >= 11 is 0. The lowest BCUT2D eigenvalue weighted by Crippen LogP contribution is -2.34. The van der Waals surface area contributed by atoms with E-state index in [-0.39, 0.29) is 6.09 Å². The maximum absolute atomic E-state index is 11.5. The number of carbonyl (C=O) groups excluding carboxylic acids is 1. The van der Waals surface area contributed by atoms with Gasteiger partial charge in [0.15, 0.2) is 0 Å². The molecule has 0 aromatic heterocycles. The zero-order valence-electron chi connectivity index (χ0n) is 13.6. The van der Waals surface area contributed by atoms with E-state index in [0.717, 1.165) is 31.7 Å². The summed E-state index contributed by atoms with van der Waals surface area (Å²) in [4.78, 5) is 11.5. The van der Waals surface area contributed by atoms with Crippen molar-refractivity contribution in [2.24, 2.45) is 0 Å². The van der Waals surface area contributed by atoms with Crippen molar-refractivity contribution in [1.29, 1.82) is 0 Å². The molecule has 0 aliphatic carbocycles. The molecule has 1 aliphatic heterocycles. The van der Waals surface area contributed by atoms with E-state index >= 15 is 0 Å². The third-order valence-electron chi connectivity index (χ3n) is 3.37. The molecule has 2 N–H and O–H groups in total. The van der Waals surface area contributed by atoms with Crippen molar-refractivity contribution in [3.63, 3.8) is 0 Å². The standard InChI is InChI=1S/C17H26N2O3/c1-17(2,3)22-16(20)19-11-6-10-18-14-9-12-21-15-8-5-4-7-13(14)15/h4-5,7-8,14,18H,6,9-12H2,1-3H3,(H,19,20). The van der Waals surface area contributed by atoms with Gasteiger partial charge >= 0.3 is 6.09 Å². The smallest absolute Gasteiger partial charge is 0.407 e. The first-order valence-electron chi connectivity index (χ1n) is 7.88. The van der Waals surface area contributed by atoms with Crippen LogP contribution in [-0.4, -0.2) is 31.4 Å². The fraction of sp³-hybridized carbons (Fsp3) is 0.588. The van der Waals surface area contributed by atoms with Gasteiger partial charge in [-0.15, -0.1) is 0 Å². The number of fused-ring (bicyclic) bond motifs is 1. The Hall–Kier alpha value is -1.75. The summed E-state index contributed by atoms with van der Waals surface area (Å²) in [6.45, 7) is 7.76. The van der Waals surface area contributed by atoms with Crippen LogP contribution >= 0.6 is 0 Å². The van der Waals surface area contributed by atoms with Crippen molar-refractivity contribution in [2.75, 3.05) is 19.7 Å². The number of hydrogen-bond donors (Lipinski definition) is 2. The molecule has 0 radical (unpaired) electrons. The number of rotatable bonds is 5. The maximum Gasteiger partial charge on any atom is 0.407 e. The predicted molar refractivity (Wildman–Crippen MR) is 86.2 cm³/mol. The molecule has 1 aromatic carbocycles. The molecule has 1 unspecified atom stereocenters. The number of para-hydroxylation sites is 1. The van der Waals surface area contributed by atoms with Gasteiger partial charge in [0.25, 0.3) is 0 Å². The third-order valence-corrected chi connectivity index (χ3v) is 3.37. The Balaban J connectivity index is 1.67. The maximum atomic E-state index is 11.5. The minimum Gasteiger partial charge on any atom is -0.493 e. The number of hydrogen-bond acceptors (Lipinski definition) is 4. The topological polar surface area (TPSA) is 59.6 Å². The van der Waals surface area contributed by atoms with Crippen LogP contribution < -0.4 is 15.4 Å². The number of carbonyl (C=O) groups is 1. The number of amides is 1. The van der Waals surface area contributed by atoms with E-state index in [1.165, 1.54) is 5.56 Å². The molecule has 122 valence electrons. The highest BCUT2D eigenvalue weighted by Gasteiger charge is 2.20. The highest BCUT2D eigenvalue weighted by molar-refractivity contribution is 5.67. The van der Waals surface area contributed by atoms with E-state index in [1.807, 2.05) is 39.0 Å². The molecule has 0 fully saturated rings. The molecule has 0 spiro atoms. The third kappa shape index (κ3) is 5.22. The van der Waals surface area contributed by atoms with E-state index in [0.29, 0.717) is 12.6 Å². The quantitative estimate of drug-likeness (QED) is 0.821. The van der Waals surface area contributed by atoms with Crippen LogP contribution in [0.3, 0.4) is 0 Å². The van der Waals surface area contributed by atoms with Gasteiger partial charge in [-0.05, 0) is 39.8 Å². The SMILES string of the molecule is CC(C)(C)OC(=O)NCCCNC1CCOc2ccccc21. The van der Waals surface area contributed by atoms with Gasteiger partial charge in [0.05, 0.1) is 6.61 Å². The van der Waals surface area contributed by atoms with E-state index in [4.69, 9.17) is 9.47 Å². The lowest BCUT2D eigenvalue weighted by Gasteiger charge is -2.26. The first-order valence-corrected chi connectivity index (χ1v) is 7.88. The van der Waals surface area contributed by atoms with E-state index in [2.05, 4.69) is 16.7 Å². The summed E-state index contributed by atoms with van der Waals surface area (Å²) in [5, 5.41) is 6.30. The fourth-order valence-corrected chi connectivity index (χ4v) is 2.42. The molecule has 5 heteroatoms. The number of alkyl carbamates (subject to hydrolysis) is 1. The molecule has 0 saturated carbocycles. The molecule has 2 rings (SSSR count). The van der Waals surface area contributed by atoms with E-state index < -0.39 is 5.60 Å². The number of ether oxygens (including phenoxy) is 2. The molecule has 5 nitrogen and oxygen atoms in total. The van der Waals surface area contributed by atoms with Crippen LogP contribution in [0.5, 0.6) is 5.75 Å². The second-order valence-corrected chi connectivity index (χ2v) is 6.46. The predicted octanol–water partition coefficient (Wildman–Crippen LogP) is 3.01. The molecule has 1 atom stereocenters. The van der Waals surface area contributed by atoms with Crippen LogP contribution in [0.1, 0.15) is 45.2 Å². The van der Waals surface area contributed by atoms with Crippen LogP contribution in [0.2, 0.25) is 0 Å². The summed E-state index contributed by atoms with van der Waals surface area (Å²) in [7, 11) is 0. The minimum absolute atomic E-state index is 0.325. The molecule has 1 aromatic rings. The Kier molecular flexibility index (Phi) is 5.66. The van der Waals surface area contributed by atoms with Crippen LogP contribution in [0.15, 0.2) is 24.3 Å². The second kappa shape index (κ2) is 7.49. The van der Waals surface area contributed by atoms with Gasteiger partial charge in [-0.2, -0.15) is 0 Å². The number of nitrogens with one attached hydrogen (secondary N) is 2. The van der Waals surface area contributed by atoms with Crippen molar-refractivity contribution in [3.05, 3.63) is 29.8 Å². The Morgan fingerprint density at radius 1 is 1.32 bits per heavy atom. The lowest BCUT2D eigenvalue weighted by molar-refractivity contribution is 0.0527. The van der Waals surface area contributed by atoms with Crippen LogP contribution in [0.25, 0.3) is 0 Å². The Labute approximate surface area is 132 Å². The van der Waals surface area contributed by atoms with Gasteiger partial charge in [0.2, 0.25) is 0 Å². The van der Waals surface area contributed by atoms with Crippen molar-refractivity contribution in [1.82, 2.24) is 10.6 Å². The van der Waals surface area contributed by atoms with Gasteiger partial charge in [0, 0.05) is 24.6 Å². The summed E-state index contributed by atoms with van der Waals surface area (Å²) < 4.78 is 10.8. The van der Waals surface area contributed by atoms with Gasteiger partial charge in [-0.3, -0.25) is 0 Å². The average Bonchev–Trinajstić information content (AvgIpc) is 2.45. The van der Waals surface area contributed by atoms with Gasteiger partial charge in [0.1, 0.15) is 11.4 Å². The summed E-state index contributed by atoms with van der Waals surface area (Å²) in [6.07, 6.45) is 1.47. The lowest BCUT2D eigenvalue weighted by atomic mass is 10.0. The highest BCUT2D eigenvalue weighted by atomic mass is 16.6. The highest BCUT2D eigenvalue weighted by Crippen LogP contribution is 2.31. The van der Waals surface area contributed by atoms with Gasteiger partial charge in [-0.25, -0.2) is 4.79 Å². The molecule has 1 amide bonds. The van der Waals surface area contributed by atoms with E-state index in [1.54, 1.807) is 0 Å². The Morgan fingerprint density at radius 3 is 2.86 bits per heavy atom. The molecule has 1 heterocycles. The molecule has 0 bridgehead atoms. The Morgan fingerprint density at radius 2 is 2.09 bits per heavy atom. The molecular weight excluding hydrogens is 280 g/mol. The minimum atomic E-state index is -0.450. The normalized spacial score (nSPS) is 17.3. The second-order valence-electron chi connectivity index (χ2n) is 6.46. The number of benzene rings is 1. The van der Waals surface area contributed by atoms with Crippen LogP contribution in [-0.2, 0) is 4.74 Å². The molecule has 22 heavy (non-hydrogen) atoms. The van der Waals surface area contributed by atoms with Crippen LogP contribution in [0, 0.1) is 0 Å². The molecule has 0 saturated heterocycles. The van der Waals surface area contributed by atoms with Crippen molar-refractivity contribution in [2.45, 2.75) is 45.3 Å². The zero-order valence-corrected chi connectivity index (χ0v) is 13.6. The largest absolute Gasteiger partial charge is 0.493 e. The van der Waals surface area contributed by atoms with E-state index in [9.17, 15) is 4.79 Å². The summed E-state index contributed by atoms with van der Waals surface area (Å²) in [6, 6.07) is 8.46. The zero-order chi connectivity index (χ0) is 16.0. The Bertz CT molecular complexity index is 497. The fourth-order valence-electron chi connectivity index (χ4n) is 2.42. The van der Waals surface area contributed by atoms with Gasteiger partial charge < -0.3 is 20.1 Å². The average molecular weight is 306 g/mol. The van der Waals surface area contributed by atoms with Crippen LogP contribution in [0.4, 0.5) is 4.79 Å². The first kappa shape index (κ1) is 16.6. The van der Waals surface area contributed by atoms with Crippen molar-refractivity contribution >= 4 is 6.09 Å².